The summed E-state index contributed by atoms with van der Waals surface area (Å²) in [5, 5.41) is 6.20. The number of ether oxygens (including phenoxy) is 1. The van der Waals surface area contributed by atoms with Gasteiger partial charge in [-0.3, -0.25) is 4.79 Å². The average molecular weight is 264 g/mol. The molecule has 0 aliphatic rings. The number of benzene rings is 1. The minimum Gasteiger partial charge on any atom is -0.385 e. The zero-order valence-electron chi connectivity index (χ0n) is 12.1. The molecular weight excluding hydrogens is 240 g/mol. The van der Waals surface area contributed by atoms with Gasteiger partial charge in [0.05, 0.1) is 0 Å². The van der Waals surface area contributed by atoms with Crippen molar-refractivity contribution in [3.63, 3.8) is 0 Å². The number of hydrogen-bond donors (Lipinski definition) is 2. The summed E-state index contributed by atoms with van der Waals surface area (Å²) in [6.45, 7) is 6.34. The van der Waals surface area contributed by atoms with E-state index in [-0.39, 0.29) is 5.91 Å². The van der Waals surface area contributed by atoms with Crippen molar-refractivity contribution in [2.75, 3.05) is 32.1 Å². The SMILES string of the molecule is COCCCNCCC(=O)Nc1c(C)cccc1C. The second-order valence-corrected chi connectivity index (χ2v) is 4.66. The number of hydrogen-bond acceptors (Lipinski definition) is 3. The molecule has 0 atom stereocenters. The predicted octanol–water partition coefficient (Wildman–Crippen LogP) is 2.26. The highest BCUT2D eigenvalue weighted by Crippen LogP contribution is 2.19. The summed E-state index contributed by atoms with van der Waals surface area (Å²) in [5.41, 5.74) is 3.13. The van der Waals surface area contributed by atoms with Crippen LogP contribution in [0.2, 0.25) is 0 Å². The van der Waals surface area contributed by atoms with E-state index in [2.05, 4.69) is 10.6 Å². The monoisotopic (exact) mass is 264 g/mol. The van der Waals surface area contributed by atoms with E-state index in [1.54, 1.807) is 7.11 Å². The van der Waals surface area contributed by atoms with Crippen molar-refractivity contribution in [2.24, 2.45) is 0 Å². The standard InChI is InChI=1S/C15H24N2O2/c1-12-6-4-7-13(2)15(12)17-14(18)8-10-16-9-5-11-19-3/h4,6-7,16H,5,8-11H2,1-3H3,(H,17,18). The Hall–Kier alpha value is -1.39. The maximum Gasteiger partial charge on any atom is 0.225 e. The lowest BCUT2D eigenvalue weighted by atomic mass is 10.1. The van der Waals surface area contributed by atoms with E-state index in [1.807, 2.05) is 32.0 Å². The minimum absolute atomic E-state index is 0.0524. The fourth-order valence-electron chi connectivity index (χ4n) is 1.88. The van der Waals surface area contributed by atoms with Crippen LogP contribution in [0.15, 0.2) is 18.2 Å². The van der Waals surface area contributed by atoms with E-state index in [1.165, 1.54) is 0 Å². The van der Waals surface area contributed by atoms with Crippen LogP contribution < -0.4 is 10.6 Å². The molecule has 0 radical (unpaired) electrons. The fourth-order valence-corrected chi connectivity index (χ4v) is 1.88. The van der Waals surface area contributed by atoms with Gasteiger partial charge in [0, 0.05) is 32.4 Å². The summed E-state index contributed by atoms with van der Waals surface area (Å²) in [7, 11) is 1.69. The molecule has 0 fully saturated rings. The van der Waals surface area contributed by atoms with Gasteiger partial charge in [0.25, 0.3) is 0 Å². The van der Waals surface area contributed by atoms with Crippen molar-refractivity contribution < 1.29 is 9.53 Å². The molecule has 0 saturated carbocycles. The number of carbonyl (C=O) groups excluding carboxylic acids is 1. The zero-order chi connectivity index (χ0) is 14.1. The van der Waals surface area contributed by atoms with Crippen molar-refractivity contribution >= 4 is 11.6 Å². The number of methoxy groups -OCH3 is 1. The number of nitrogens with one attached hydrogen (secondary N) is 2. The maximum absolute atomic E-state index is 11.8. The summed E-state index contributed by atoms with van der Waals surface area (Å²) >= 11 is 0. The molecule has 19 heavy (non-hydrogen) atoms. The van der Waals surface area contributed by atoms with Crippen molar-refractivity contribution in [3.8, 4) is 0 Å². The molecule has 0 aliphatic heterocycles. The molecule has 4 heteroatoms. The number of aryl methyl sites for hydroxylation is 2. The van der Waals surface area contributed by atoms with Gasteiger partial charge >= 0.3 is 0 Å². The Labute approximate surface area is 115 Å². The van der Waals surface area contributed by atoms with Gasteiger partial charge in [0.15, 0.2) is 0 Å². The van der Waals surface area contributed by atoms with Gasteiger partial charge in [-0.1, -0.05) is 18.2 Å². The predicted molar refractivity (Wildman–Crippen MR) is 78.5 cm³/mol. The molecule has 1 amide bonds. The molecular formula is C15H24N2O2. The molecule has 0 bridgehead atoms. The summed E-state index contributed by atoms with van der Waals surface area (Å²) < 4.78 is 4.96. The first-order chi connectivity index (χ1) is 9.15. The Morgan fingerprint density at radius 2 is 1.89 bits per heavy atom. The van der Waals surface area contributed by atoms with Gasteiger partial charge in [-0.25, -0.2) is 0 Å². The molecule has 0 saturated heterocycles. The van der Waals surface area contributed by atoms with Crippen LogP contribution in [0.25, 0.3) is 0 Å². The van der Waals surface area contributed by atoms with Gasteiger partial charge < -0.3 is 15.4 Å². The molecule has 0 aromatic heterocycles. The van der Waals surface area contributed by atoms with Gasteiger partial charge in [-0.05, 0) is 37.9 Å². The van der Waals surface area contributed by atoms with E-state index in [0.717, 1.165) is 36.4 Å². The Balaban J connectivity index is 2.28. The first-order valence-electron chi connectivity index (χ1n) is 6.71. The quantitative estimate of drug-likeness (QED) is 0.708. The van der Waals surface area contributed by atoms with Crippen LogP contribution in [-0.4, -0.2) is 32.7 Å². The van der Waals surface area contributed by atoms with Gasteiger partial charge in [-0.15, -0.1) is 0 Å². The molecule has 1 aromatic carbocycles. The Kier molecular flexibility index (Phi) is 7.15. The lowest BCUT2D eigenvalue weighted by Gasteiger charge is -2.11. The molecule has 0 heterocycles. The van der Waals surface area contributed by atoms with E-state index in [0.29, 0.717) is 13.0 Å². The second kappa shape index (κ2) is 8.67. The number of para-hydroxylation sites is 1. The van der Waals surface area contributed by atoms with Crippen molar-refractivity contribution in [1.82, 2.24) is 5.32 Å². The first kappa shape index (κ1) is 15.7. The normalized spacial score (nSPS) is 10.5. The molecule has 4 nitrogen and oxygen atoms in total. The highest BCUT2D eigenvalue weighted by atomic mass is 16.5. The Bertz CT molecular complexity index is 385. The van der Waals surface area contributed by atoms with E-state index in [9.17, 15) is 4.79 Å². The van der Waals surface area contributed by atoms with Crippen molar-refractivity contribution in [3.05, 3.63) is 29.3 Å². The topological polar surface area (TPSA) is 50.4 Å². The van der Waals surface area contributed by atoms with Gasteiger partial charge in [0.2, 0.25) is 5.91 Å². The van der Waals surface area contributed by atoms with Crippen molar-refractivity contribution in [1.29, 1.82) is 0 Å². The maximum atomic E-state index is 11.8. The average Bonchev–Trinajstić information content (AvgIpc) is 2.38. The lowest BCUT2D eigenvalue weighted by Crippen LogP contribution is -2.23. The van der Waals surface area contributed by atoms with Crippen molar-refractivity contribution in [2.45, 2.75) is 26.7 Å². The molecule has 0 spiro atoms. The van der Waals surface area contributed by atoms with Crippen LogP contribution in [0.1, 0.15) is 24.0 Å². The minimum atomic E-state index is 0.0524. The van der Waals surface area contributed by atoms with E-state index < -0.39 is 0 Å². The third-order valence-electron chi connectivity index (χ3n) is 2.98. The third-order valence-corrected chi connectivity index (χ3v) is 2.98. The highest BCUT2D eigenvalue weighted by Gasteiger charge is 2.06. The molecule has 1 aromatic rings. The largest absolute Gasteiger partial charge is 0.385 e. The summed E-state index contributed by atoms with van der Waals surface area (Å²) in [6, 6.07) is 6.01. The zero-order valence-corrected chi connectivity index (χ0v) is 12.1. The summed E-state index contributed by atoms with van der Waals surface area (Å²) in [6.07, 6.45) is 1.45. The molecule has 2 N–H and O–H groups in total. The molecule has 106 valence electrons. The number of rotatable bonds is 8. The lowest BCUT2D eigenvalue weighted by molar-refractivity contribution is -0.116. The van der Waals surface area contributed by atoms with E-state index in [4.69, 9.17) is 4.74 Å². The molecule has 1 rings (SSSR count). The van der Waals surface area contributed by atoms with Crippen LogP contribution in [0, 0.1) is 13.8 Å². The Morgan fingerprint density at radius 1 is 1.21 bits per heavy atom. The van der Waals surface area contributed by atoms with Gasteiger partial charge in [-0.2, -0.15) is 0 Å². The van der Waals surface area contributed by atoms with Crippen LogP contribution in [0.4, 0.5) is 5.69 Å². The second-order valence-electron chi connectivity index (χ2n) is 4.66. The smallest absolute Gasteiger partial charge is 0.225 e. The number of amides is 1. The highest BCUT2D eigenvalue weighted by molar-refractivity contribution is 5.92. The fraction of sp³-hybridized carbons (Fsp3) is 0.533. The van der Waals surface area contributed by atoms with Crippen LogP contribution >= 0.6 is 0 Å². The number of carbonyl (C=O) groups is 1. The number of anilines is 1. The van der Waals surface area contributed by atoms with Crippen LogP contribution in [0.3, 0.4) is 0 Å². The van der Waals surface area contributed by atoms with E-state index >= 15 is 0 Å². The Morgan fingerprint density at radius 3 is 2.53 bits per heavy atom. The summed E-state index contributed by atoms with van der Waals surface area (Å²) in [4.78, 5) is 11.8. The van der Waals surface area contributed by atoms with Crippen LogP contribution in [0.5, 0.6) is 0 Å². The third kappa shape index (κ3) is 5.85. The summed E-state index contributed by atoms with van der Waals surface area (Å²) in [5.74, 6) is 0.0524. The molecule has 0 unspecified atom stereocenters. The van der Waals surface area contributed by atoms with Gasteiger partial charge in [0.1, 0.15) is 0 Å². The first-order valence-corrected chi connectivity index (χ1v) is 6.71. The molecule has 0 aliphatic carbocycles. The van der Waals surface area contributed by atoms with Crippen LogP contribution in [-0.2, 0) is 9.53 Å².